The number of hydrogen-bond acceptors (Lipinski definition) is 2. The number of alkyl halides is 3. The highest BCUT2D eigenvalue weighted by Crippen LogP contribution is 2.31. The molecule has 0 aliphatic carbocycles. The van der Waals surface area contributed by atoms with Crippen LogP contribution in [-0.2, 0) is 0 Å². The lowest BCUT2D eigenvalue weighted by Gasteiger charge is -2.27. The summed E-state index contributed by atoms with van der Waals surface area (Å²) in [6.07, 6.45) is -0.915. The van der Waals surface area contributed by atoms with Crippen molar-refractivity contribution >= 4 is 58.0 Å². The Morgan fingerprint density at radius 2 is 1.74 bits per heavy atom. The van der Waals surface area contributed by atoms with Crippen LogP contribution in [0.1, 0.15) is 15.9 Å². The maximum Gasteiger partial charge on any atom is 0.252 e. The zero-order valence-corrected chi connectivity index (χ0v) is 15.1. The fraction of sp³-hybridized carbons (Fsp3) is 0.188. The summed E-state index contributed by atoms with van der Waals surface area (Å²) in [7, 11) is 0. The van der Waals surface area contributed by atoms with Gasteiger partial charge in [-0.15, -0.1) is 0 Å². The Labute approximate surface area is 154 Å². The summed E-state index contributed by atoms with van der Waals surface area (Å²) < 4.78 is -1.74. The van der Waals surface area contributed by atoms with E-state index in [9.17, 15) is 4.79 Å². The van der Waals surface area contributed by atoms with Crippen molar-refractivity contribution < 1.29 is 4.79 Å². The Morgan fingerprint density at radius 1 is 1.09 bits per heavy atom. The number of rotatable bonds is 4. The van der Waals surface area contributed by atoms with E-state index in [4.69, 9.17) is 46.4 Å². The zero-order chi connectivity index (χ0) is 17.0. The van der Waals surface area contributed by atoms with E-state index in [1.807, 2.05) is 13.0 Å². The SMILES string of the molecule is Cc1cccc(C(=O)NC(Nc2ccc(Cl)cc2)C(Cl)(Cl)Cl)c1. The lowest BCUT2D eigenvalue weighted by atomic mass is 10.1. The highest BCUT2D eigenvalue weighted by atomic mass is 35.6. The molecule has 1 unspecified atom stereocenters. The maximum absolute atomic E-state index is 12.4. The van der Waals surface area contributed by atoms with Crippen LogP contribution in [0.2, 0.25) is 5.02 Å². The molecule has 0 fully saturated rings. The molecular formula is C16H14Cl4N2O. The predicted octanol–water partition coefficient (Wildman–Crippen LogP) is 5.19. The van der Waals surface area contributed by atoms with Gasteiger partial charge in [-0.1, -0.05) is 64.1 Å². The molecule has 0 spiro atoms. The van der Waals surface area contributed by atoms with Crippen molar-refractivity contribution in [1.82, 2.24) is 5.32 Å². The van der Waals surface area contributed by atoms with Crippen LogP contribution in [0.4, 0.5) is 5.69 Å². The van der Waals surface area contributed by atoms with Crippen LogP contribution in [0.3, 0.4) is 0 Å². The van der Waals surface area contributed by atoms with Crippen LogP contribution in [0.25, 0.3) is 0 Å². The summed E-state index contributed by atoms with van der Waals surface area (Å²) in [5, 5.41) is 6.25. The molecule has 1 atom stereocenters. The molecule has 122 valence electrons. The molecule has 0 aliphatic rings. The molecule has 1 amide bonds. The van der Waals surface area contributed by atoms with E-state index in [1.54, 1.807) is 42.5 Å². The highest BCUT2D eigenvalue weighted by Gasteiger charge is 2.34. The summed E-state index contributed by atoms with van der Waals surface area (Å²) in [4.78, 5) is 12.4. The molecule has 2 rings (SSSR count). The third-order valence-corrected chi connectivity index (χ3v) is 3.94. The van der Waals surface area contributed by atoms with Crippen LogP contribution < -0.4 is 10.6 Å². The Hall–Kier alpha value is -1.13. The molecule has 0 aromatic heterocycles. The van der Waals surface area contributed by atoms with Crippen molar-refractivity contribution in [2.75, 3.05) is 5.32 Å². The molecule has 0 heterocycles. The zero-order valence-electron chi connectivity index (χ0n) is 12.1. The van der Waals surface area contributed by atoms with Gasteiger partial charge in [0.2, 0.25) is 3.79 Å². The molecule has 23 heavy (non-hydrogen) atoms. The van der Waals surface area contributed by atoms with Crippen LogP contribution in [-0.4, -0.2) is 15.9 Å². The smallest absolute Gasteiger partial charge is 0.252 e. The summed E-state index contributed by atoms with van der Waals surface area (Å²) in [6.45, 7) is 1.90. The Morgan fingerprint density at radius 3 is 2.30 bits per heavy atom. The molecule has 0 bridgehead atoms. The maximum atomic E-state index is 12.4. The summed E-state index contributed by atoms with van der Waals surface area (Å²) in [6, 6.07) is 14.0. The van der Waals surface area contributed by atoms with E-state index in [0.717, 1.165) is 5.56 Å². The average Bonchev–Trinajstić information content (AvgIpc) is 2.47. The third kappa shape index (κ3) is 5.47. The van der Waals surface area contributed by atoms with Crippen molar-refractivity contribution in [2.24, 2.45) is 0 Å². The molecule has 2 aromatic rings. The second-order valence-corrected chi connectivity index (χ2v) is 7.77. The molecule has 0 radical (unpaired) electrons. The number of carbonyl (C=O) groups excluding carboxylic acids is 1. The first-order chi connectivity index (χ1) is 10.8. The van der Waals surface area contributed by atoms with Crippen LogP contribution >= 0.6 is 46.4 Å². The molecule has 0 aliphatic heterocycles. The van der Waals surface area contributed by atoms with Gasteiger partial charge >= 0.3 is 0 Å². The van der Waals surface area contributed by atoms with E-state index in [0.29, 0.717) is 16.3 Å². The first-order valence-corrected chi connectivity index (χ1v) is 8.23. The molecule has 2 N–H and O–H groups in total. The minimum absolute atomic E-state index is 0.341. The number of anilines is 1. The van der Waals surface area contributed by atoms with Gasteiger partial charge in [0, 0.05) is 16.3 Å². The van der Waals surface area contributed by atoms with Crippen molar-refractivity contribution in [2.45, 2.75) is 16.9 Å². The second kappa shape index (κ2) is 7.63. The first kappa shape index (κ1) is 18.2. The van der Waals surface area contributed by atoms with Gasteiger partial charge in [0.1, 0.15) is 6.17 Å². The number of nitrogens with one attached hydrogen (secondary N) is 2. The quantitative estimate of drug-likeness (QED) is 0.556. The van der Waals surface area contributed by atoms with Crippen LogP contribution in [0, 0.1) is 6.92 Å². The summed E-state index contributed by atoms with van der Waals surface area (Å²) >= 11 is 23.8. The van der Waals surface area contributed by atoms with Gasteiger partial charge in [0.25, 0.3) is 5.91 Å². The van der Waals surface area contributed by atoms with Gasteiger partial charge in [-0.05, 0) is 43.3 Å². The molecule has 0 saturated heterocycles. The van der Waals surface area contributed by atoms with Crippen LogP contribution in [0.15, 0.2) is 48.5 Å². The number of carbonyl (C=O) groups is 1. The van der Waals surface area contributed by atoms with E-state index < -0.39 is 9.96 Å². The summed E-state index contributed by atoms with van der Waals surface area (Å²) in [5.41, 5.74) is 2.12. The number of aryl methyl sites for hydroxylation is 1. The van der Waals surface area contributed by atoms with Crippen molar-refractivity contribution in [1.29, 1.82) is 0 Å². The number of benzene rings is 2. The summed E-state index contributed by atoms with van der Waals surface area (Å²) in [5.74, 6) is -0.341. The van der Waals surface area contributed by atoms with Gasteiger partial charge in [0.05, 0.1) is 0 Å². The van der Waals surface area contributed by atoms with E-state index >= 15 is 0 Å². The van der Waals surface area contributed by atoms with E-state index in [1.165, 1.54) is 0 Å². The van der Waals surface area contributed by atoms with Crippen molar-refractivity contribution in [3.05, 3.63) is 64.7 Å². The monoisotopic (exact) mass is 390 g/mol. The van der Waals surface area contributed by atoms with Gasteiger partial charge in [-0.3, -0.25) is 4.79 Å². The standard InChI is InChI=1S/C16H14Cl4N2O/c1-10-3-2-4-11(9-10)14(23)22-15(16(18,19)20)21-13-7-5-12(17)6-8-13/h2-9,15,21H,1H3,(H,22,23). The average molecular weight is 392 g/mol. The normalized spacial score (nSPS) is 12.6. The minimum Gasteiger partial charge on any atom is -0.362 e. The molecule has 0 saturated carbocycles. The van der Waals surface area contributed by atoms with Gasteiger partial charge in [0.15, 0.2) is 0 Å². The molecular weight excluding hydrogens is 378 g/mol. The Balaban J connectivity index is 2.16. The molecule has 2 aromatic carbocycles. The number of halogens is 4. The third-order valence-electron chi connectivity index (χ3n) is 3.04. The van der Waals surface area contributed by atoms with E-state index in [-0.39, 0.29) is 5.91 Å². The van der Waals surface area contributed by atoms with Crippen LogP contribution in [0.5, 0.6) is 0 Å². The largest absolute Gasteiger partial charge is 0.362 e. The lowest BCUT2D eigenvalue weighted by molar-refractivity contribution is 0.0941. The van der Waals surface area contributed by atoms with Gasteiger partial charge in [-0.2, -0.15) is 0 Å². The Bertz CT molecular complexity index is 683. The first-order valence-electron chi connectivity index (χ1n) is 6.72. The number of hydrogen-bond donors (Lipinski definition) is 2. The van der Waals surface area contributed by atoms with Crippen molar-refractivity contribution in [3.8, 4) is 0 Å². The Kier molecular flexibility index (Phi) is 6.04. The molecule has 7 heteroatoms. The van der Waals surface area contributed by atoms with Crippen molar-refractivity contribution in [3.63, 3.8) is 0 Å². The molecule has 3 nitrogen and oxygen atoms in total. The van der Waals surface area contributed by atoms with E-state index in [2.05, 4.69) is 10.6 Å². The topological polar surface area (TPSA) is 41.1 Å². The fourth-order valence-electron chi connectivity index (χ4n) is 1.91. The highest BCUT2D eigenvalue weighted by molar-refractivity contribution is 6.68. The van der Waals surface area contributed by atoms with Gasteiger partial charge in [-0.25, -0.2) is 0 Å². The predicted molar refractivity (Wildman–Crippen MR) is 97.8 cm³/mol. The number of amides is 1. The fourth-order valence-corrected chi connectivity index (χ4v) is 2.37. The lowest BCUT2D eigenvalue weighted by Crippen LogP contribution is -2.49. The minimum atomic E-state index is -1.74. The second-order valence-electron chi connectivity index (χ2n) is 4.97. The van der Waals surface area contributed by atoms with Gasteiger partial charge < -0.3 is 10.6 Å².